The van der Waals surface area contributed by atoms with Gasteiger partial charge in [0.05, 0.1) is 17.4 Å². The lowest BCUT2D eigenvalue weighted by molar-refractivity contribution is -0.129. The summed E-state index contributed by atoms with van der Waals surface area (Å²) in [5, 5.41) is 0. The predicted octanol–water partition coefficient (Wildman–Crippen LogP) is 2.85. The first-order valence-electron chi connectivity index (χ1n) is 9.96. The van der Waals surface area contributed by atoms with Crippen LogP contribution in [0.1, 0.15) is 30.0 Å². The molecular weight excluding hydrogens is 422 g/mol. The van der Waals surface area contributed by atoms with Gasteiger partial charge in [-0.25, -0.2) is 13.1 Å². The van der Waals surface area contributed by atoms with Crippen molar-refractivity contribution < 1.29 is 13.2 Å². The standard InChI is InChI=1S/C22H29N3O3S.ClH/c1-23-29(27,28)20-12-8-9-18(15-20)16-22(26)24(2)17-21(25-13-6-7-14-25)19-10-4-3-5-11-19;/h3-5,8-12,15,21,23H,6-7,13-14,16-17H2,1-2H3;1H. The van der Waals surface area contributed by atoms with Crippen LogP contribution in [0.15, 0.2) is 59.5 Å². The van der Waals surface area contributed by atoms with E-state index in [2.05, 4.69) is 21.8 Å². The second-order valence-electron chi connectivity index (χ2n) is 7.48. The Labute approximate surface area is 185 Å². The molecule has 0 aliphatic carbocycles. The van der Waals surface area contributed by atoms with E-state index in [1.165, 1.54) is 31.5 Å². The van der Waals surface area contributed by atoms with E-state index >= 15 is 0 Å². The number of likely N-dealkylation sites (tertiary alicyclic amines) is 1. The van der Waals surface area contributed by atoms with Crippen LogP contribution in [0.2, 0.25) is 0 Å². The molecule has 1 aliphatic rings. The number of nitrogens with one attached hydrogen (secondary N) is 1. The van der Waals surface area contributed by atoms with E-state index in [1.807, 2.05) is 25.2 Å². The van der Waals surface area contributed by atoms with Crippen LogP contribution in [0.25, 0.3) is 0 Å². The summed E-state index contributed by atoms with van der Waals surface area (Å²) < 4.78 is 26.3. The van der Waals surface area contributed by atoms with Crippen LogP contribution in [0.3, 0.4) is 0 Å². The molecule has 1 saturated heterocycles. The molecule has 1 atom stereocenters. The molecule has 8 heteroatoms. The Morgan fingerprint density at radius 1 is 1.10 bits per heavy atom. The highest BCUT2D eigenvalue weighted by atomic mass is 35.5. The maximum Gasteiger partial charge on any atom is 0.240 e. The van der Waals surface area contributed by atoms with Gasteiger partial charge in [-0.15, -0.1) is 12.4 Å². The van der Waals surface area contributed by atoms with Crippen LogP contribution in [-0.2, 0) is 21.2 Å². The lowest BCUT2D eigenvalue weighted by atomic mass is 10.0. The molecule has 0 aromatic heterocycles. The van der Waals surface area contributed by atoms with Crippen molar-refractivity contribution in [2.45, 2.75) is 30.2 Å². The molecule has 1 aliphatic heterocycles. The molecule has 0 saturated carbocycles. The average Bonchev–Trinajstić information content (AvgIpc) is 3.27. The molecule has 1 fully saturated rings. The highest BCUT2D eigenvalue weighted by molar-refractivity contribution is 7.89. The Hall–Kier alpha value is -1.93. The number of likely N-dealkylation sites (N-methyl/N-ethyl adjacent to an activating group) is 1. The fourth-order valence-corrected chi connectivity index (χ4v) is 4.57. The predicted molar refractivity (Wildman–Crippen MR) is 121 cm³/mol. The zero-order chi connectivity index (χ0) is 20.9. The van der Waals surface area contributed by atoms with Crippen molar-refractivity contribution >= 4 is 28.3 Å². The highest BCUT2D eigenvalue weighted by Crippen LogP contribution is 2.26. The minimum atomic E-state index is -3.52. The normalized spacial score (nSPS) is 15.4. The van der Waals surface area contributed by atoms with Crippen molar-refractivity contribution in [3.63, 3.8) is 0 Å². The van der Waals surface area contributed by atoms with Crippen LogP contribution >= 0.6 is 12.4 Å². The van der Waals surface area contributed by atoms with E-state index in [1.54, 1.807) is 23.1 Å². The lowest BCUT2D eigenvalue weighted by Gasteiger charge is -2.32. The molecule has 30 heavy (non-hydrogen) atoms. The molecule has 0 spiro atoms. The number of halogens is 1. The molecule has 1 unspecified atom stereocenters. The summed E-state index contributed by atoms with van der Waals surface area (Å²) in [5.74, 6) is -0.0240. The SMILES string of the molecule is CNS(=O)(=O)c1cccc(CC(=O)N(C)CC(c2ccccc2)N2CCCC2)c1.Cl. The van der Waals surface area contributed by atoms with E-state index in [0.29, 0.717) is 12.1 Å². The fourth-order valence-electron chi connectivity index (χ4n) is 3.77. The summed E-state index contributed by atoms with van der Waals surface area (Å²) in [6, 6.07) is 17.0. The van der Waals surface area contributed by atoms with Crippen LogP contribution < -0.4 is 4.72 Å². The average molecular weight is 452 g/mol. The van der Waals surface area contributed by atoms with Gasteiger partial charge >= 0.3 is 0 Å². The molecule has 6 nitrogen and oxygen atoms in total. The molecule has 1 N–H and O–H groups in total. The van der Waals surface area contributed by atoms with Crippen molar-refractivity contribution in [2.24, 2.45) is 0 Å². The second kappa shape index (κ2) is 10.9. The van der Waals surface area contributed by atoms with Gasteiger partial charge in [-0.1, -0.05) is 42.5 Å². The van der Waals surface area contributed by atoms with E-state index in [-0.39, 0.29) is 35.7 Å². The van der Waals surface area contributed by atoms with E-state index < -0.39 is 10.0 Å². The molecule has 2 aromatic rings. The Kier molecular flexibility index (Phi) is 8.85. The number of carbonyl (C=O) groups excluding carboxylic acids is 1. The highest BCUT2D eigenvalue weighted by Gasteiger charge is 2.26. The molecule has 164 valence electrons. The summed E-state index contributed by atoms with van der Waals surface area (Å²) in [6.07, 6.45) is 2.55. The first-order chi connectivity index (χ1) is 13.9. The van der Waals surface area contributed by atoms with Gasteiger partial charge in [0.1, 0.15) is 0 Å². The third kappa shape index (κ3) is 6.04. The second-order valence-corrected chi connectivity index (χ2v) is 9.36. The maximum absolute atomic E-state index is 12.9. The van der Waals surface area contributed by atoms with Gasteiger partial charge in [-0.3, -0.25) is 9.69 Å². The molecule has 0 bridgehead atoms. The maximum atomic E-state index is 12.9. The van der Waals surface area contributed by atoms with Gasteiger partial charge in [-0.05, 0) is 56.2 Å². The summed E-state index contributed by atoms with van der Waals surface area (Å²) >= 11 is 0. The van der Waals surface area contributed by atoms with Crippen LogP contribution in [0, 0.1) is 0 Å². The Bertz CT molecular complexity index is 932. The quantitative estimate of drug-likeness (QED) is 0.670. The van der Waals surface area contributed by atoms with E-state index in [0.717, 1.165) is 13.1 Å². The summed E-state index contributed by atoms with van der Waals surface area (Å²) in [7, 11) is -0.324. The Balaban J connectivity index is 0.00000320. The monoisotopic (exact) mass is 451 g/mol. The van der Waals surface area contributed by atoms with Crippen molar-refractivity contribution in [1.29, 1.82) is 0 Å². The first-order valence-corrected chi connectivity index (χ1v) is 11.4. The first kappa shape index (κ1) is 24.3. The number of sulfonamides is 1. The van der Waals surface area contributed by atoms with Gasteiger partial charge in [0.25, 0.3) is 0 Å². The number of hydrogen-bond donors (Lipinski definition) is 1. The molecule has 1 heterocycles. The van der Waals surface area contributed by atoms with Crippen molar-refractivity contribution in [1.82, 2.24) is 14.5 Å². The molecule has 2 aromatic carbocycles. The smallest absolute Gasteiger partial charge is 0.240 e. The Morgan fingerprint density at radius 2 is 1.77 bits per heavy atom. The van der Waals surface area contributed by atoms with Gasteiger partial charge in [0.2, 0.25) is 15.9 Å². The lowest BCUT2D eigenvalue weighted by Crippen LogP contribution is -2.38. The van der Waals surface area contributed by atoms with Gasteiger partial charge in [0, 0.05) is 13.6 Å². The zero-order valence-corrected chi connectivity index (χ0v) is 19.1. The van der Waals surface area contributed by atoms with Crippen molar-refractivity contribution in [3.8, 4) is 0 Å². The molecule has 3 rings (SSSR count). The molecule has 1 amide bonds. The van der Waals surface area contributed by atoms with E-state index in [4.69, 9.17) is 0 Å². The summed E-state index contributed by atoms with van der Waals surface area (Å²) in [6.45, 7) is 2.70. The minimum absolute atomic E-state index is 0. The topological polar surface area (TPSA) is 69.7 Å². The third-order valence-electron chi connectivity index (χ3n) is 5.47. The van der Waals surface area contributed by atoms with Gasteiger partial charge in [-0.2, -0.15) is 0 Å². The summed E-state index contributed by atoms with van der Waals surface area (Å²) in [5.41, 5.74) is 1.91. The minimum Gasteiger partial charge on any atom is -0.344 e. The number of amides is 1. The summed E-state index contributed by atoms with van der Waals surface area (Å²) in [4.78, 5) is 17.2. The number of benzene rings is 2. The van der Waals surface area contributed by atoms with Gasteiger partial charge < -0.3 is 4.90 Å². The largest absolute Gasteiger partial charge is 0.344 e. The van der Waals surface area contributed by atoms with Crippen molar-refractivity contribution in [2.75, 3.05) is 33.7 Å². The van der Waals surface area contributed by atoms with Crippen LogP contribution in [0.4, 0.5) is 0 Å². The third-order valence-corrected chi connectivity index (χ3v) is 6.88. The number of nitrogens with zero attached hydrogens (tertiary/aromatic N) is 2. The number of rotatable bonds is 8. The van der Waals surface area contributed by atoms with E-state index in [9.17, 15) is 13.2 Å². The molecule has 0 radical (unpaired) electrons. The number of hydrogen-bond acceptors (Lipinski definition) is 4. The van der Waals surface area contributed by atoms with Crippen LogP contribution in [-0.4, -0.2) is 57.9 Å². The number of carbonyl (C=O) groups is 1. The van der Waals surface area contributed by atoms with Crippen molar-refractivity contribution in [3.05, 3.63) is 65.7 Å². The fraction of sp³-hybridized carbons (Fsp3) is 0.409. The van der Waals surface area contributed by atoms with Gasteiger partial charge in [0.15, 0.2) is 0 Å². The zero-order valence-electron chi connectivity index (χ0n) is 17.5. The molecular formula is C22H30ClN3O3S. The Morgan fingerprint density at radius 3 is 2.40 bits per heavy atom. The van der Waals surface area contributed by atoms with Crippen LogP contribution in [0.5, 0.6) is 0 Å².